The van der Waals surface area contributed by atoms with Gasteiger partial charge >= 0.3 is 0 Å². The Balaban J connectivity index is 2.19. The highest BCUT2D eigenvalue weighted by Gasteiger charge is 2.15. The minimum absolute atomic E-state index is 0.248. The van der Waals surface area contributed by atoms with Crippen molar-refractivity contribution in [3.8, 4) is 0 Å². The summed E-state index contributed by atoms with van der Waals surface area (Å²) in [5.41, 5.74) is -0.248. The fourth-order valence-electron chi connectivity index (χ4n) is 0.607. The molecule has 0 amide bonds. The van der Waals surface area contributed by atoms with E-state index in [0.29, 0.717) is 13.1 Å². The van der Waals surface area contributed by atoms with E-state index in [1.807, 2.05) is 0 Å². The van der Waals surface area contributed by atoms with Crippen LogP contribution in [0.5, 0.6) is 0 Å². The number of nitrogens with one attached hydrogen (secondary N) is 2. The van der Waals surface area contributed by atoms with Gasteiger partial charge in [0.05, 0.1) is 0 Å². The van der Waals surface area contributed by atoms with E-state index in [0.717, 1.165) is 0 Å². The molecule has 0 radical (unpaired) electrons. The maximum Gasteiger partial charge on any atom is 0.135 e. The van der Waals surface area contributed by atoms with E-state index >= 15 is 0 Å². The van der Waals surface area contributed by atoms with Gasteiger partial charge < -0.3 is 0 Å². The first kappa shape index (κ1) is 6.26. The molecule has 8 heavy (non-hydrogen) atoms. The predicted octanol–water partition coefficient (Wildman–Crippen LogP) is 0.0397. The van der Waals surface area contributed by atoms with Crippen molar-refractivity contribution in [1.82, 2.24) is 10.6 Å². The lowest BCUT2D eigenvalue weighted by molar-refractivity contribution is 0.258. The van der Waals surface area contributed by atoms with E-state index in [1.54, 1.807) is 0 Å². The second-order valence-corrected chi connectivity index (χ2v) is 2.21. The van der Waals surface area contributed by atoms with Crippen LogP contribution in [-0.4, -0.2) is 24.9 Å². The van der Waals surface area contributed by atoms with Gasteiger partial charge in [-0.3, -0.25) is 10.6 Å². The van der Waals surface area contributed by atoms with Crippen LogP contribution in [-0.2, 0) is 0 Å². The fourth-order valence-corrected chi connectivity index (χ4v) is 0.785. The molecule has 0 saturated carbocycles. The molecule has 1 fully saturated rings. The first-order valence-electron chi connectivity index (χ1n) is 2.54. The molecule has 1 aliphatic heterocycles. The summed E-state index contributed by atoms with van der Waals surface area (Å²) in [6, 6.07) is 0. The molecule has 0 aromatic heterocycles. The lowest BCUT2D eigenvalue weighted by Crippen LogP contribution is -2.50. The third kappa shape index (κ3) is 1.58. The summed E-state index contributed by atoms with van der Waals surface area (Å²) in [5, 5.41) is 5.42. The highest BCUT2D eigenvalue weighted by Crippen LogP contribution is 1.96. The normalized spacial score (nSPS) is 39.8. The summed E-state index contributed by atoms with van der Waals surface area (Å²) in [6.07, 6.45) is -0.787. The summed E-state index contributed by atoms with van der Waals surface area (Å²) >= 11 is 5.49. The van der Waals surface area contributed by atoms with Crippen molar-refractivity contribution in [2.45, 2.75) is 11.8 Å². The minimum Gasteiger partial charge on any atom is -0.286 e. The van der Waals surface area contributed by atoms with Gasteiger partial charge in [0.15, 0.2) is 0 Å². The largest absolute Gasteiger partial charge is 0.286 e. The summed E-state index contributed by atoms with van der Waals surface area (Å²) in [4.78, 5) is 0. The van der Waals surface area contributed by atoms with Crippen molar-refractivity contribution < 1.29 is 4.39 Å². The first-order chi connectivity index (χ1) is 3.79. The van der Waals surface area contributed by atoms with Crippen LogP contribution in [0.2, 0.25) is 0 Å². The van der Waals surface area contributed by atoms with E-state index in [2.05, 4.69) is 10.6 Å². The molecule has 0 bridgehead atoms. The van der Waals surface area contributed by atoms with E-state index in [9.17, 15) is 4.39 Å². The molecule has 48 valence electrons. The molecule has 2 nitrogen and oxygen atoms in total. The number of alkyl halides is 2. The predicted molar refractivity (Wildman–Crippen MR) is 30.5 cm³/mol. The number of rotatable bonds is 0. The van der Waals surface area contributed by atoms with Crippen LogP contribution in [0.4, 0.5) is 4.39 Å². The fraction of sp³-hybridized carbons (Fsp3) is 1.00. The Labute approximate surface area is 52.4 Å². The van der Waals surface area contributed by atoms with E-state index < -0.39 is 6.17 Å². The average Bonchev–Trinajstić information content (AvgIpc) is 1.77. The Morgan fingerprint density at radius 3 is 2.25 bits per heavy atom. The lowest BCUT2D eigenvalue weighted by Gasteiger charge is -2.21. The van der Waals surface area contributed by atoms with Gasteiger partial charge in [-0.25, -0.2) is 4.39 Å². The van der Waals surface area contributed by atoms with Gasteiger partial charge in [0, 0.05) is 13.1 Å². The standard InChI is InChI=1S/C4H8ClFN2/c5-4-7-1-3(6)2-8-4/h3-4,7-8H,1-2H2. The van der Waals surface area contributed by atoms with Gasteiger partial charge in [0.2, 0.25) is 0 Å². The summed E-state index contributed by atoms with van der Waals surface area (Å²) in [6.45, 7) is 0.725. The van der Waals surface area contributed by atoms with Crippen LogP contribution in [0.1, 0.15) is 0 Å². The van der Waals surface area contributed by atoms with Crippen LogP contribution in [0.15, 0.2) is 0 Å². The topological polar surface area (TPSA) is 24.1 Å². The van der Waals surface area contributed by atoms with Gasteiger partial charge in [-0.1, -0.05) is 11.6 Å². The third-order valence-corrected chi connectivity index (χ3v) is 1.35. The van der Waals surface area contributed by atoms with Crippen molar-refractivity contribution in [3.63, 3.8) is 0 Å². The summed E-state index contributed by atoms with van der Waals surface area (Å²) in [7, 11) is 0. The Bertz CT molecular complexity index is 62.4. The molecule has 1 rings (SSSR count). The zero-order valence-electron chi connectivity index (χ0n) is 4.32. The van der Waals surface area contributed by atoms with Crippen LogP contribution < -0.4 is 10.6 Å². The molecule has 1 aliphatic rings. The van der Waals surface area contributed by atoms with E-state index in [-0.39, 0.29) is 5.62 Å². The number of hydrogen-bond donors (Lipinski definition) is 2. The van der Waals surface area contributed by atoms with Crippen molar-refractivity contribution >= 4 is 11.6 Å². The van der Waals surface area contributed by atoms with Crippen LogP contribution in [0, 0.1) is 0 Å². The molecule has 0 spiro atoms. The minimum atomic E-state index is -0.787. The van der Waals surface area contributed by atoms with Gasteiger partial charge in [0.25, 0.3) is 0 Å². The van der Waals surface area contributed by atoms with Gasteiger partial charge in [-0.15, -0.1) is 0 Å². The maximum absolute atomic E-state index is 12.2. The molecule has 4 heteroatoms. The van der Waals surface area contributed by atoms with Crippen molar-refractivity contribution in [2.75, 3.05) is 13.1 Å². The summed E-state index contributed by atoms with van der Waals surface area (Å²) in [5.74, 6) is 0. The average molecular weight is 139 g/mol. The zero-order valence-corrected chi connectivity index (χ0v) is 5.08. The first-order valence-corrected chi connectivity index (χ1v) is 2.97. The number of hydrogen-bond acceptors (Lipinski definition) is 2. The van der Waals surface area contributed by atoms with Gasteiger partial charge in [-0.05, 0) is 0 Å². The Morgan fingerprint density at radius 2 is 1.88 bits per heavy atom. The highest BCUT2D eigenvalue weighted by molar-refractivity contribution is 6.20. The molecule has 0 aliphatic carbocycles. The van der Waals surface area contributed by atoms with Gasteiger partial charge in [0.1, 0.15) is 11.8 Å². The smallest absolute Gasteiger partial charge is 0.135 e. The molecule has 1 heterocycles. The van der Waals surface area contributed by atoms with E-state index in [1.165, 1.54) is 0 Å². The van der Waals surface area contributed by atoms with Gasteiger partial charge in [-0.2, -0.15) is 0 Å². The van der Waals surface area contributed by atoms with Crippen LogP contribution in [0.25, 0.3) is 0 Å². The second kappa shape index (κ2) is 2.62. The maximum atomic E-state index is 12.2. The molecule has 1 saturated heterocycles. The Hall–Kier alpha value is 0.140. The molecule has 0 atom stereocenters. The lowest BCUT2D eigenvalue weighted by atomic mass is 10.3. The third-order valence-electron chi connectivity index (χ3n) is 1.04. The quantitative estimate of drug-likeness (QED) is 0.365. The molecule has 0 unspecified atom stereocenters. The SMILES string of the molecule is FC1CNC(Cl)NC1. The summed E-state index contributed by atoms with van der Waals surface area (Å²) < 4.78 is 12.2. The molecular formula is C4H8ClFN2. The molecule has 0 aromatic rings. The van der Waals surface area contributed by atoms with Crippen LogP contribution in [0.3, 0.4) is 0 Å². The Morgan fingerprint density at radius 1 is 1.38 bits per heavy atom. The van der Waals surface area contributed by atoms with Crippen molar-refractivity contribution in [2.24, 2.45) is 0 Å². The molecule has 0 aromatic carbocycles. The van der Waals surface area contributed by atoms with Crippen LogP contribution >= 0.6 is 11.6 Å². The number of halogens is 2. The molecular weight excluding hydrogens is 131 g/mol. The second-order valence-electron chi connectivity index (χ2n) is 1.78. The van der Waals surface area contributed by atoms with Crippen molar-refractivity contribution in [3.05, 3.63) is 0 Å². The zero-order chi connectivity index (χ0) is 5.98. The highest BCUT2D eigenvalue weighted by atomic mass is 35.5. The van der Waals surface area contributed by atoms with E-state index in [4.69, 9.17) is 11.6 Å². The monoisotopic (exact) mass is 138 g/mol. The Kier molecular flexibility index (Phi) is 2.05. The molecule has 2 N–H and O–H groups in total. The van der Waals surface area contributed by atoms with Crippen molar-refractivity contribution in [1.29, 1.82) is 0 Å².